The van der Waals surface area contributed by atoms with E-state index >= 15 is 0 Å². The molecule has 0 aromatic carbocycles. The van der Waals surface area contributed by atoms with E-state index in [0.717, 1.165) is 34.3 Å². The average Bonchev–Trinajstić information content (AvgIpc) is 2.76. The molecule has 16 heavy (non-hydrogen) atoms. The summed E-state index contributed by atoms with van der Waals surface area (Å²) in [6.07, 6.45) is 7.05. The van der Waals surface area contributed by atoms with E-state index < -0.39 is 0 Å². The number of hydrogen-bond donors (Lipinski definition) is 1. The van der Waals surface area contributed by atoms with Crippen molar-refractivity contribution in [2.24, 2.45) is 23.5 Å². The van der Waals surface area contributed by atoms with Crippen molar-refractivity contribution in [2.75, 3.05) is 0 Å². The molecule has 2 aliphatic carbocycles. The van der Waals surface area contributed by atoms with Crippen LogP contribution in [0.5, 0.6) is 0 Å². The third kappa shape index (κ3) is 1.91. The molecule has 0 aliphatic heterocycles. The van der Waals surface area contributed by atoms with Crippen LogP contribution in [0.3, 0.4) is 0 Å². The molecule has 1 aromatic rings. The molecule has 2 aliphatic rings. The molecular weight excluding hydrogens is 264 g/mol. The van der Waals surface area contributed by atoms with Crippen molar-refractivity contribution in [3.8, 4) is 0 Å². The van der Waals surface area contributed by atoms with E-state index in [0.29, 0.717) is 6.04 Å². The molecule has 1 heterocycles. The van der Waals surface area contributed by atoms with Crippen LogP contribution in [0.2, 0.25) is 0 Å². The Morgan fingerprint density at radius 3 is 2.75 bits per heavy atom. The number of hydrogen-bond acceptors (Lipinski definition) is 2. The van der Waals surface area contributed by atoms with Crippen molar-refractivity contribution in [1.29, 1.82) is 0 Å². The van der Waals surface area contributed by atoms with Gasteiger partial charge in [0.2, 0.25) is 0 Å². The Morgan fingerprint density at radius 1 is 1.38 bits per heavy atom. The summed E-state index contributed by atoms with van der Waals surface area (Å²) in [7, 11) is 0. The highest BCUT2D eigenvalue weighted by Gasteiger charge is 2.54. The molecule has 3 heteroatoms. The molecule has 2 fully saturated rings. The van der Waals surface area contributed by atoms with Gasteiger partial charge in [0.05, 0.1) is 0 Å². The minimum Gasteiger partial charge on any atom is -0.327 e. The van der Waals surface area contributed by atoms with Crippen molar-refractivity contribution >= 4 is 15.9 Å². The lowest BCUT2D eigenvalue weighted by Gasteiger charge is -2.13. The summed E-state index contributed by atoms with van der Waals surface area (Å²) >= 11 is 3.40. The van der Waals surface area contributed by atoms with Gasteiger partial charge in [0, 0.05) is 28.8 Å². The standard InChI is InChI=1S/C13H17BrN2/c14-8-4-5-9(16-7-8)6-12(15)13-10-2-1-3-11(10)13/h4-5,7,10-13H,1-3,6,15H2. The van der Waals surface area contributed by atoms with Crippen molar-refractivity contribution in [1.82, 2.24) is 4.98 Å². The van der Waals surface area contributed by atoms with Crippen LogP contribution in [0.1, 0.15) is 25.0 Å². The van der Waals surface area contributed by atoms with Crippen LogP contribution in [0.15, 0.2) is 22.8 Å². The zero-order chi connectivity index (χ0) is 11.1. The van der Waals surface area contributed by atoms with Gasteiger partial charge in [0.15, 0.2) is 0 Å². The lowest BCUT2D eigenvalue weighted by Crippen LogP contribution is -2.27. The second-order valence-electron chi connectivity index (χ2n) is 5.17. The minimum absolute atomic E-state index is 0.323. The molecule has 0 bridgehead atoms. The number of fused-ring (bicyclic) bond motifs is 1. The Morgan fingerprint density at radius 2 is 2.12 bits per heavy atom. The molecule has 3 unspecified atom stereocenters. The van der Waals surface area contributed by atoms with Crippen molar-refractivity contribution < 1.29 is 0 Å². The second-order valence-corrected chi connectivity index (χ2v) is 6.09. The number of nitrogens with zero attached hydrogens (tertiary/aromatic N) is 1. The fourth-order valence-electron chi connectivity index (χ4n) is 3.42. The Balaban J connectivity index is 1.60. The van der Waals surface area contributed by atoms with Crippen molar-refractivity contribution in [2.45, 2.75) is 31.7 Å². The first-order valence-corrected chi connectivity index (χ1v) is 6.91. The van der Waals surface area contributed by atoms with Crippen LogP contribution in [0.4, 0.5) is 0 Å². The molecule has 0 saturated heterocycles. The summed E-state index contributed by atoms with van der Waals surface area (Å²) in [5.74, 6) is 2.69. The van der Waals surface area contributed by atoms with Gasteiger partial charge in [-0.1, -0.05) is 6.42 Å². The summed E-state index contributed by atoms with van der Waals surface area (Å²) < 4.78 is 1.04. The Kier molecular flexibility index (Phi) is 2.76. The smallest absolute Gasteiger partial charge is 0.0420 e. The van der Waals surface area contributed by atoms with Crippen LogP contribution >= 0.6 is 15.9 Å². The van der Waals surface area contributed by atoms with Crippen molar-refractivity contribution in [3.63, 3.8) is 0 Å². The first-order chi connectivity index (χ1) is 7.75. The van der Waals surface area contributed by atoms with E-state index in [2.05, 4.69) is 27.0 Å². The summed E-state index contributed by atoms with van der Waals surface area (Å²) in [4.78, 5) is 4.40. The van der Waals surface area contributed by atoms with Gasteiger partial charge >= 0.3 is 0 Å². The fourth-order valence-corrected chi connectivity index (χ4v) is 3.65. The summed E-state index contributed by atoms with van der Waals surface area (Å²) in [5, 5.41) is 0. The third-order valence-electron chi connectivity index (χ3n) is 4.20. The predicted molar refractivity (Wildman–Crippen MR) is 67.9 cm³/mol. The number of halogens is 1. The van der Waals surface area contributed by atoms with E-state index in [9.17, 15) is 0 Å². The van der Waals surface area contributed by atoms with Crippen LogP contribution in [-0.2, 0) is 6.42 Å². The number of rotatable bonds is 3. The molecule has 2 saturated carbocycles. The van der Waals surface area contributed by atoms with E-state index in [1.165, 1.54) is 19.3 Å². The van der Waals surface area contributed by atoms with Gasteiger partial charge in [-0.25, -0.2) is 0 Å². The zero-order valence-corrected chi connectivity index (χ0v) is 10.9. The molecule has 0 radical (unpaired) electrons. The maximum atomic E-state index is 6.29. The van der Waals surface area contributed by atoms with Gasteiger partial charge in [-0.15, -0.1) is 0 Å². The minimum atomic E-state index is 0.323. The van der Waals surface area contributed by atoms with Crippen LogP contribution in [-0.4, -0.2) is 11.0 Å². The lowest BCUT2D eigenvalue weighted by molar-refractivity contribution is 0.481. The largest absolute Gasteiger partial charge is 0.327 e. The summed E-state index contributed by atoms with van der Waals surface area (Å²) in [6, 6.07) is 4.44. The van der Waals surface area contributed by atoms with Gasteiger partial charge in [-0.2, -0.15) is 0 Å². The molecule has 3 rings (SSSR count). The first kappa shape index (κ1) is 10.7. The quantitative estimate of drug-likeness (QED) is 0.925. The van der Waals surface area contributed by atoms with Gasteiger partial charge in [-0.05, 0) is 58.7 Å². The van der Waals surface area contributed by atoms with E-state index in [4.69, 9.17) is 5.73 Å². The number of pyridine rings is 1. The topological polar surface area (TPSA) is 38.9 Å². The van der Waals surface area contributed by atoms with E-state index in [1.54, 1.807) is 0 Å². The SMILES string of the molecule is NC(Cc1ccc(Br)cn1)C1C2CCCC21. The van der Waals surface area contributed by atoms with E-state index in [-0.39, 0.29) is 0 Å². The highest BCUT2D eigenvalue weighted by atomic mass is 79.9. The van der Waals surface area contributed by atoms with E-state index in [1.807, 2.05) is 12.3 Å². The Hall–Kier alpha value is -0.410. The molecule has 2 nitrogen and oxygen atoms in total. The summed E-state index contributed by atoms with van der Waals surface area (Å²) in [5.41, 5.74) is 7.41. The monoisotopic (exact) mass is 280 g/mol. The van der Waals surface area contributed by atoms with Gasteiger partial charge in [0.25, 0.3) is 0 Å². The molecule has 2 N–H and O–H groups in total. The van der Waals surface area contributed by atoms with Crippen LogP contribution in [0.25, 0.3) is 0 Å². The lowest BCUT2D eigenvalue weighted by atomic mass is 10.0. The second kappa shape index (κ2) is 4.11. The molecule has 86 valence electrons. The molecule has 1 aromatic heterocycles. The van der Waals surface area contributed by atoms with Gasteiger partial charge in [-0.3, -0.25) is 4.98 Å². The first-order valence-electron chi connectivity index (χ1n) is 6.12. The maximum Gasteiger partial charge on any atom is 0.0420 e. The predicted octanol–water partition coefficient (Wildman–Crippen LogP) is 2.76. The molecule has 0 amide bonds. The molecular formula is C13H17BrN2. The molecule has 3 atom stereocenters. The average molecular weight is 281 g/mol. The maximum absolute atomic E-state index is 6.29. The normalized spacial score (nSPS) is 33.5. The highest BCUT2D eigenvalue weighted by molar-refractivity contribution is 9.10. The van der Waals surface area contributed by atoms with Gasteiger partial charge < -0.3 is 5.73 Å². The summed E-state index contributed by atoms with van der Waals surface area (Å²) in [6.45, 7) is 0. The number of nitrogens with two attached hydrogens (primary N) is 1. The Bertz CT molecular complexity index is 366. The number of aromatic nitrogens is 1. The van der Waals surface area contributed by atoms with Crippen molar-refractivity contribution in [3.05, 3.63) is 28.5 Å². The zero-order valence-electron chi connectivity index (χ0n) is 9.27. The third-order valence-corrected chi connectivity index (χ3v) is 4.67. The Labute approximate surface area is 105 Å². The fraction of sp³-hybridized carbons (Fsp3) is 0.615. The van der Waals surface area contributed by atoms with Crippen LogP contribution in [0, 0.1) is 17.8 Å². The molecule has 0 spiro atoms. The van der Waals surface area contributed by atoms with Crippen LogP contribution < -0.4 is 5.73 Å². The van der Waals surface area contributed by atoms with Gasteiger partial charge in [0.1, 0.15) is 0 Å². The highest BCUT2D eigenvalue weighted by Crippen LogP contribution is 2.58.